The van der Waals surface area contributed by atoms with Gasteiger partial charge >= 0.3 is 0 Å². The molecule has 1 aromatic rings. The molecule has 1 amide bonds. The van der Waals surface area contributed by atoms with E-state index in [0.29, 0.717) is 12.1 Å². The molecule has 0 unspecified atom stereocenters. The number of benzene rings is 1. The summed E-state index contributed by atoms with van der Waals surface area (Å²) >= 11 is 0. The van der Waals surface area contributed by atoms with Crippen molar-refractivity contribution in [1.82, 2.24) is 9.80 Å². The Kier molecular flexibility index (Phi) is 5.21. The third-order valence-corrected chi connectivity index (χ3v) is 7.95. The van der Waals surface area contributed by atoms with Crippen molar-refractivity contribution in [2.75, 3.05) is 38.0 Å². The first kappa shape index (κ1) is 19.3. The Morgan fingerprint density at radius 1 is 0.897 bits per heavy atom. The Morgan fingerprint density at radius 3 is 2.03 bits per heavy atom. The van der Waals surface area contributed by atoms with Crippen LogP contribution in [0.3, 0.4) is 0 Å². The van der Waals surface area contributed by atoms with Crippen LogP contribution in [-0.4, -0.2) is 60.3 Å². The maximum Gasteiger partial charge on any atom is 0.238 e. The van der Waals surface area contributed by atoms with Crippen molar-refractivity contribution >= 4 is 17.4 Å². The van der Waals surface area contributed by atoms with Crippen LogP contribution in [0.15, 0.2) is 24.3 Å². The zero-order valence-corrected chi connectivity index (χ0v) is 17.5. The zero-order chi connectivity index (χ0) is 20.0. The Balaban J connectivity index is 1.10. The minimum atomic E-state index is 0.0312. The first-order chi connectivity index (χ1) is 14.0. The number of nitrogens with one attached hydrogen (secondary N) is 1. The molecule has 1 aromatic carbocycles. The number of carbonyl (C=O) groups excluding carboxylic acids is 2. The molecule has 29 heavy (non-hydrogen) atoms. The zero-order valence-electron chi connectivity index (χ0n) is 17.5. The Bertz CT molecular complexity index is 739. The summed E-state index contributed by atoms with van der Waals surface area (Å²) in [6.45, 7) is 6.18. The van der Waals surface area contributed by atoms with Crippen molar-refractivity contribution in [3.8, 4) is 0 Å². The average Bonchev–Trinajstić information content (AvgIpc) is 2.69. The van der Waals surface area contributed by atoms with E-state index in [1.165, 1.54) is 32.1 Å². The van der Waals surface area contributed by atoms with Gasteiger partial charge in [-0.1, -0.05) is 0 Å². The Labute approximate surface area is 173 Å². The summed E-state index contributed by atoms with van der Waals surface area (Å²) in [5, 5.41) is 2.97. The molecule has 4 aliphatic carbocycles. The second-order valence-corrected chi connectivity index (χ2v) is 9.92. The average molecular weight is 396 g/mol. The molecule has 5 fully saturated rings. The second-order valence-electron chi connectivity index (χ2n) is 9.92. The number of ketones is 1. The van der Waals surface area contributed by atoms with Crippen molar-refractivity contribution in [2.24, 2.45) is 23.7 Å². The van der Waals surface area contributed by atoms with E-state index in [4.69, 9.17) is 0 Å². The van der Waals surface area contributed by atoms with Crippen LogP contribution >= 0.6 is 0 Å². The highest BCUT2D eigenvalue weighted by atomic mass is 16.2. The molecule has 1 heterocycles. The van der Waals surface area contributed by atoms with Crippen LogP contribution in [-0.2, 0) is 4.79 Å². The number of carbonyl (C=O) groups is 2. The van der Waals surface area contributed by atoms with Gasteiger partial charge in [-0.25, -0.2) is 0 Å². The van der Waals surface area contributed by atoms with Gasteiger partial charge in [-0.2, -0.15) is 0 Å². The van der Waals surface area contributed by atoms with E-state index in [1.807, 2.05) is 0 Å². The van der Waals surface area contributed by atoms with E-state index >= 15 is 0 Å². The van der Waals surface area contributed by atoms with Gasteiger partial charge in [0.25, 0.3) is 0 Å². The molecule has 5 heteroatoms. The van der Waals surface area contributed by atoms with Crippen LogP contribution in [0.4, 0.5) is 5.69 Å². The monoisotopic (exact) mass is 395 g/mol. The molecule has 4 saturated carbocycles. The number of piperazine rings is 1. The molecule has 1 N–H and O–H groups in total. The van der Waals surface area contributed by atoms with E-state index in [-0.39, 0.29) is 11.7 Å². The Morgan fingerprint density at radius 2 is 1.48 bits per heavy atom. The van der Waals surface area contributed by atoms with E-state index in [0.717, 1.165) is 61.6 Å². The highest BCUT2D eigenvalue weighted by molar-refractivity contribution is 5.96. The minimum Gasteiger partial charge on any atom is -0.325 e. The van der Waals surface area contributed by atoms with Crippen molar-refractivity contribution in [3.63, 3.8) is 0 Å². The topological polar surface area (TPSA) is 52.7 Å². The van der Waals surface area contributed by atoms with Gasteiger partial charge in [0.2, 0.25) is 5.91 Å². The standard InChI is InChI=1S/C24H33N3O2/c1-16(28)19-2-4-22(5-3-19)25-23(29)15-26-6-8-27(9-7-26)24-20-11-17-10-18(13-20)14-21(24)12-17/h2-5,17-18,20-21,24H,6-15H2,1H3,(H,25,29). The van der Waals surface area contributed by atoms with Crippen LogP contribution in [0.2, 0.25) is 0 Å². The van der Waals surface area contributed by atoms with Crippen molar-refractivity contribution in [1.29, 1.82) is 0 Å². The predicted octanol–water partition coefficient (Wildman–Crippen LogP) is 3.27. The number of rotatable bonds is 5. The highest BCUT2D eigenvalue weighted by Crippen LogP contribution is 2.55. The summed E-state index contributed by atoms with van der Waals surface area (Å²) in [5.74, 6) is 4.02. The minimum absolute atomic E-state index is 0.0312. The molecular weight excluding hydrogens is 362 g/mol. The van der Waals surface area contributed by atoms with Crippen LogP contribution in [0.1, 0.15) is 49.4 Å². The molecule has 5 aliphatic rings. The fourth-order valence-corrected chi connectivity index (χ4v) is 6.90. The SMILES string of the molecule is CC(=O)c1ccc(NC(=O)CN2CCN(C3C4CC5CC(C4)CC3C5)CC2)cc1. The summed E-state index contributed by atoms with van der Waals surface area (Å²) in [4.78, 5) is 28.9. The fraction of sp³-hybridized carbons (Fsp3) is 0.667. The number of amides is 1. The summed E-state index contributed by atoms with van der Waals surface area (Å²) in [6, 6.07) is 7.96. The van der Waals surface area contributed by atoms with Gasteiger partial charge in [0.15, 0.2) is 5.78 Å². The number of hydrogen-bond donors (Lipinski definition) is 1. The molecule has 0 atom stereocenters. The first-order valence-corrected chi connectivity index (χ1v) is 11.4. The second kappa shape index (κ2) is 7.84. The lowest BCUT2D eigenvalue weighted by molar-refractivity contribution is -0.118. The van der Waals surface area contributed by atoms with E-state index in [9.17, 15) is 9.59 Å². The molecule has 5 nitrogen and oxygen atoms in total. The van der Waals surface area contributed by atoms with E-state index in [2.05, 4.69) is 15.1 Å². The first-order valence-electron chi connectivity index (χ1n) is 11.4. The third kappa shape index (κ3) is 3.99. The van der Waals surface area contributed by atoms with Crippen molar-refractivity contribution in [3.05, 3.63) is 29.8 Å². The quantitative estimate of drug-likeness (QED) is 0.778. The fourth-order valence-electron chi connectivity index (χ4n) is 6.90. The lowest BCUT2D eigenvalue weighted by atomic mass is 9.54. The maximum atomic E-state index is 12.4. The molecule has 0 aromatic heterocycles. The van der Waals surface area contributed by atoms with Gasteiger partial charge in [0.1, 0.15) is 0 Å². The number of hydrogen-bond acceptors (Lipinski definition) is 4. The summed E-state index contributed by atoms with van der Waals surface area (Å²) in [6.07, 6.45) is 7.41. The van der Waals surface area contributed by atoms with E-state index in [1.54, 1.807) is 31.2 Å². The van der Waals surface area contributed by atoms with Crippen LogP contribution in [0.25, 0.3) is 0 Å². The third-order valence-electron chi connectivity index (χ3n) is 7.95. The van der Waals surface area contributed by atoms with Crippen molar-refractivity contribution < 1.29 is 9.59 Å². The number of nitrogens with zero attached hydrogens (tertiary/aromatic N) is 2. The molecule has 4 bridgehead atoms. The van der Waals surface area contributed by atoms with Gasteiger partial charge in [0, 0.05) is 43.5 Å². The molecule has 6 rings (SSSR count). The summed E-state index contributed by atoms with van der Waals surface area (Å²) < 4.78 is 0. The normalized spacial score (nSPS) is 34.3. The summed E-state index contributed by atoms with van der Waals surface area (Å²) in [7, 11) is 0. The molecule has 0 spiro atoms. The molecule has 156 valence electrons. The van der Waals surface area contributed by atoms with Gasteiger partial charge in [0.05, 0.1) is 6.54 Å². The van der Waals surface area contributed by atoms with Crippen LogP contribution < -0.4 is 5.32 Å². The van der Waals surface area contributed by atoms with Gasteiger partial charge in [-0.05, 0) is 87.0 Å². The van der Waals surface area contributed by atoms with Crippen LogP contribution in [0.5, 0.6) is 0 Å². The highest BCUT2D eigenvalue weighted by Gasteiger charge is 2.50. The van der Waals surface area contributed by atoms with Crippen LogP contribution in [0, 0.1) is 23.7 Å². The Hall–Kier alpha value is -1.72. The molecule has 0 radical (unpaired) electrons. The molecule has 1 aliphatic heterocycles. The van der Waals surface area contributed by atoms with E-state index < -0.39 is 0 Å². The van der Waals surface area contributed by atoms with Crippen molar-refractivity contribution in [2.45, 2.75) is 45.1 Å². The lowest BCUT2D eigenvalue weighted by Gasteiger charge is -2.58. The molecular formula is C24H33N3O2. The maximum absolute atomic E-state index is 12.4. The lowest BCUT2D eigenvalue weighted by Crippen LogP contribution is -2.60. The molecule has 1 saturated heterocycles. The largest absolute Gasteiger partial charge is 0.325 e. The van der Waals surface area contributed by atoms with Gasteiger partial charge < -0.3 is 5.32 Å². The number of anilines is 1. The number of Topliss-reactive ketones (excluding diaryl/α,β-unsaturated/α-hetero) is 1. The predicted molar refractivity (Wildman–Crippen MR) is 114 cm³/mol. The van der Waals surface area contributed by atoms with Gasteiger partial charge in [-0.15, -0.1) is 0 Å². The summed E-state index contributed by atoms with van der Waals surface area (Å²) in [5.41, 5.74) is 1.43. The van der Waals surface area contributed by atoms with Gasteiger partial charge in [-0.3, -0.25) is 19.4 Å². The smallest absolute Gasteiger partial charge is 0.238 e.